The van der Waals surface area contributed by atoms with E-state index in [9.17, 15) is 5.11 Å². The molecule has 0 fully saturated rings. The minimum atomic E-state index is 0.241. The SMILES string of the molecule is Oc1cccc(-c2cncc(-c3ncccc3-c3ccccc3)c2)c1. The first-order valence-corrected chi connectivity index (χ1v) is 8.06. The molecule has 120 valence electrons. The predicted octanol–water partition coefficient (Wildman–Crippen LogP) is 5.18. The van der Waals surface area contributed by atoms with Crippen LogP contribution < -0.4 is 0 Å². The van der Waals surface area contributed by atoms with Gasteiger partial charge in [-0.15, -0.1) is 0 Å². The molecule has 4 aromatic rings. The Morgan fingerprint density at radius 3 is 2.28 bits per heavy atom. The zero-order valence-electron chi connectivity index (χ0n) is 13.5. The Morgan fingerprint density at radius 1 is 0.640 bits per heavy atom. The van der Waals surface area contributed by atoms with Crippen molar-refractivity contribution in [2.24, 2.45) is 0 Å². The molecule has 3 heteroatoms. The molecule has 25 heavy (non-hydrogen) atoms. The van der Waals surface area contributed by atoms with Crippen molar-refractivity contribution in [2.45, 2.75) is 0 Å². The van der Waals surface area contributed by atoms with Gasteiger partial charge in [-0.25, -0.2) is 0 Å². The molecule has 4 rings (SSSR count). The number of phenolic OH excluding ortho intramolecular Hbond substituents is 1. The first kappa shape index (κ1) is 15.1. The van der Waals surface area contributed by atoms with E-state index in [1.165, 1.54) is 0 Å². The van der Waals surface area contributed by atoms with Crippen molar-refractivity contribution < 1.29 is 5.11 Å². The van der Waals surface area contributed by atoms with Crippen molar-refractivity contribution in [2.75, 3.05) is 0 Å². The van der Waals surface area contributed by atoms with Gasteiger partial charge in [0.2, 0.25) is 0 Å². The number of hydrogen-bond donors (Lipinski definition) is 1. The van der Waals surface area contributed by atoms with Gasteiger partial charge in [0, 0.05) is 35.3 Å². The first-order valence-electron chi connectivity index (χ1n) is 8.06. The molecule has 0 radical (unpaired) electrons. The highest BCUT2D eigenvalue weighted by atomic mass is 16.3. The lowest BCUT2D eigenvalue weighted by Crippen LogP contribution is -1.90. The largest absolute Gasteiger partial charge is 0.508 e. The highest BCUT2D eigenvalue weighted by Crippen LogP contribution is 2.32. The summed E-state index contributed by atoms with van der Waals surface area (Å²) in [5.41, 5.74) is 5.89. The number of hydrogen-bond acceptors (Lipinski definition) is 3. The van der Waals surface area contributed by atoms with Crippen LogP contribution in [0.3, 0.4) is 0 Å². The lowest BCUT2D eigenvalue weighted by molar-refractivity contribution is 0.475. The molecular weight excluding hydrogens is 308 g/mol. The molecule has 1 N–H and O–H groups in total. The molecule has 0 spiro atoms. The van der Waals surface area contributed by atoms with Gasteiger partial charge in [-0.2, -0.15) is 0 Å². The third-order valence-electron chi connectivity index (χ3n) is 4.08. The van der Waals surface area contributed by atoms with Gasteiger partial charge in [0.25, 0.3) is 0 Å². The van der Waals surface area contributed by atoms with E-state index in [0.717, 1.165) is 33.5 Å². The molecule has 0 atom stereocenters. The van der Waals surface area contributed by atoms with Gasteiger partial charge in [-0.05, 0) is 35.4 Å². The monoisotopic (exact) mass is 324 g/mol. The standard InChI is InChI=1S/C22H16N2O/c25-20-9-4-8-17(13-20)18-12-19(15-23-14-18)22-21(10-5-11-24-22)16-6-2-1-3-7-16/h1-15,25H. The van der Waals surface area contributed by atoms with E-state index in [0.29, 0.717) is 0 Å². The Balaban J connectivity index is 1.83. The lowest BCUT2D eigenvalue weighted by Gasteiger charge is -2.10. The molecule has 0 bridgehead atoms. The van der Waals surface area contributed by atoms with Crippen LogP contribution in [-0.2, 0) is 0 Å². The molecule has 0 amide bonds. The van der Waals surface area contributed by atoms with E-state index in [-0.39, 0.29) is 5.75 Å². The normalized spacial score (nSPS) is 10.6. The Bertz CT molecular complexity index is 1010. The molecular formula is C22H16N2O. The van der Waals surface area contributed by atoms with Crippen LogP contribution in [0.2, 0.25) is 0 Å². The number of aromatic hydroxyl groups is 1. The summed E-state index contributed by atoms with van der Waals surface area (Å²) < 4.78 is 0. The third-order valence-corrected chi connectivity index (χ3v) is 4.08. The molecule has 0 aliphatic carbocycles. The van der Waals surface area contributed by atoms with Crippen molar-refractivity contribution >= 4 is 0 Å². The van der Waals surface area contributed by atoms with E-state index in [1.54, 1.807) is 24.5 Å². The van der Waals surface area contributed by atoms with Gasteiger partial charge >= 0.3 is 0 Å². The van der Waals surface area contributed by atoms with Crippen LogP contribution in [-0.4, -0.2) is 15.1 Å². The summed E-state index contributed by atoms with van der Waals surface area (Å²) in [5.74, 6) is 0.241. The number of benzene rings is 2. The van der Waals surface area contributed by atoms with Crippen LogP contribution >= 0.6 is 0 Å². The second kappa shape index (κ2) is 6.57. The van der Waals surface area contributed by atoms with Gasteiger partial charge in [0.15, 0.2) is 0 Å². The van der Waals surface area contributed by atoms with Gasteiger partial charge < -0.3 is 5.11 Å². The second-order valence-electron chi connectivity index (χ2n) is 5.78. The molecule has 0 aliphatic heterocycles. The number of nitrogens with zero attached hydrogens (tertiary/aromatic N) is 2. The average Bonchev–Trinajstić information content (AvgIpc) is 2.69. The highest BCUT2D eigenvalue weighted by Gasteiger charge is 2.10. The Kier molecular flexibility index (Phi) is 3.97. The summed E-state index contributed by atoms with van der Waals surface area (Å²) in [7, 11) is 0. The molecule has 2 aromatic carbocycles. The smallest absolute Gasteiger partial charge is 0.116 e. The van der Waals surface area contributed by atoms with Crippen LogP contribution in [0, 0.1) is 0 Å². The van der Waals surface area contributed by atoms with E-state index in [2.05, 4.69) is 34.2 Å². The van der Waals surface area contributed by atoms with Gasteiger partial charge in [0.1, 0.15) is 5.75 Å². The second-order valence-corrected chi connectivity index (χ2v) is 5.78. The fraction of sp³-hybridized carbons (Fsp3) is 0. The molecule has 2 aromatic heterocycles. The zero-order valence-corrected chi connectivity index (χ0v) is 13.5. The molecule has 0 saturated carbocycles. The van der Waals surface area contributed by atoms with Crippen molar-refractivity contribution in [1.29, 1.82) is 0 Å². The maximum atomic E-state index is 9.72. The Labute approximate surface area is 146 Å². The topological polar surface area (TPSA) is 46.0 Å². The Hall–Kier alpha value is -3.46. The van der Waals surface area contributed by atoms with Crippen LogP contribution in [0.25, 0.3) is 33.5 Å². The van der Waals surface area contributed by atoms with Gasteiger partial charge in [-0.3, -0.25) is 9.97 Å². The van der Waals surface area contributed by atoms with Crippen molar-refractivity contribution in [1.82, 2.24) is 9.97 Å². The lowest BCUT2D eigenvalue weighted by atomic mass is 9.98. The first-order chi connectivity index (χ1) is 12.3. The number of pyridine rings is 2. The van der Waals surface area contributed by atoms with Gasteiger partial charge in [-0.1, -0.05) is 48.5 Å². The summed E-state index contributed by atoms with van der Waals surface area (Å²) in [6.07, 6.45) is 5.41. The van der Waals surface area contributed by atoms with Crippen LogP contribution in [0.15, 0.2) is 91.4 Å². The average molecular weight is 324 g/mol. The molecule has 0 saturated heterocycles. The predicted molar refractivity (Wildman–Crippen MR) is 100 cm³/mol. The van der Waals surface area contributed by atoms with E-state index in [1.807, 2.05) is 42.6 Å². The van der Waals surface area contributed by atoms with Gasteiger partial charge in [0.05, 0.1) is 5.69 Å². The van der Waals surface area contributed by atoms with E-state index in [4.69, 9.17) is 0 Å². The fourth-order valence-corrected chi connectivity index (χ4v) is 2.90. The minimum absolute atomic E-state index is 0.241. The van der Waals surface area contributed by atoms with E-state index < -0.39 is 0 Å². The van der Waals surface area contributed by atoms with Crippen molar-refractivity contribution in [3.8, 4) is 39.3 Å². The number of aromatic nitrogens is 2. The van der Waals surface area contributed by atoms with Crippen molar-refractivity contribution in [3.63, 3.8) is 0 Å². The highest BCUT2D eigenvalue weighted by molar-refractivity contribution is 5.82. The molecule has 2 heterocycles. The number of rotatable bonds is 3. The quantitative estimate of drug-likeness (QED) is 0.564. The zero-order chi connectivity index (χ0) is 17.1. The Morgan fingerprint density at radius 2 is 1.44 bits per heavy atom. The van der Waals surface area contributed by atoms with Crippen molar-refractivity contribution in [3.05, 3.63) is 91.4 Å². The summed E-state index contributed by atoms with van der Waals surface area (Å²) >= 11 is 0. The van der Waals surface area contributed by atoms with Crippen LogP contribution in [0.1, 0.15) is 0 Å². The summed E-state index contributed by atoms with van der Waals surface area (Å²) in [5, 5.41) is 9.72. The minimum Gasteiger partial charge on any atom is -0.508 e. The molecule has 0 unspecified atom stereocenters. The summed E-state index contributed by atoms with van der Waals surface area (Å²) in [6, 6.07) is 23.4. The third kappa shape index (κ3) is 3.12. The summed E-state index contributed by atoms with van der Waals surface area (Å²) in [6.45, 7) is 0. The number of phenols is 1. The van der Waals surface area contributed by atoms with Crippen LogP contribution in [0.5, 0.6) is 5.75 Å². The van der Waals surface area contributed by atoms with Crippen LogP contribution in [0.4, 0.5) is 0 Å². The molecule has 3 nitrogen and oxygen atoms in total. The molecule has 0 aliphatic rings. The van der Waals surface area contributed by atoms with E-state index >= 15 is 0 Å². The maximum Gasteiger partial charge on any atom is 0.116 e. The fourth-order valence-electron chi connectivity index (χ4n) is 2.90. The summed E-state index contributed by atoms with van der Waals surface area (Å²) in [4.78, 5) is 8.97. The maximum absolute atomic E-state index is 9.72.